The standard InChI is InChI=1S/C26H27NO3/c1-30-24-14-5-3-9-20(24)15-16-25(28)27-17-7-11-21(18-27)26(29)23-13-6-10-19-8-2-4-12-22(19)23/h2-6,8-10,12-14,21H,7,11,15-18H2,1H3/t21-/m1/s1. The Hall–Kier alpha value is -3.14. The predicted molar refractivity (Wildman–Crippen MR) is 119 cm³/mol. The summed E-state index contributed by atoms with van der Waals surface area (Å²) < 4.78 is 5.39. The highest BCUT2D eigenvalue weighted by Gasteiger charge is 2.29. The molecule has 0 saturated carbocycles. The Balaban J connectivity index is 1.43. The van der Waals surface area contributed by atoms with Gasteiger partial charge in [0.05, 0.1) is 7.11 Å². The van der Waals surface area contributed by atoms with Crippen molar-refractivity contribution >= 4 is 22.5 Å². The van der Waals surface area contributed by atoms with Crippen LogP contribution in [0, 0.1) is 5.92 Å². The van der Waals surface area contributed by atoms with Crippen LogP contribution in [0.2, 0.25) is 0 Å². The van der Waals surface area contributed by atoms with Crippen molar-refractivity contribution in [3.63, 3.8) is 0 Å². The number of likely N-dealkylation sites (tertiary alicyclic amines) is 1. The van der Waals surface area contributed by atoms with E-state index in [9.17, 15) is 9.59 Å². The number of nitrogens with zero attached hydrogens (tertiary/aromatic N) is 1. The van der Waals surface area contributed by atoms with E-state index in [1.807, 2.05) is 71.6 Å². The minimum Gasteiger partial charge on any atom is -0.496 e. The highest BCUT2D eigenvalue weighted by molar-refractivity contribution is 6.09. The summed E-state index contributed by atoms with van der Waals surface area (Å²) in [5.74, 6) is 0.929. The van der Waals surface area contributed by atoms with Crippen molar-refractivity contribution in [3.05, 3.63) is 77.9 Å². The molecule has 1 saturated heterocycles. The van der Waals surface area contributed by atoms with E-state index in [1.54, 1.807) is 7.11 Å². The molecule has 154 valence electrons. The Morgan fingerprint density at radius 3 is 2.63 bits per heavy atom. The molecule has 0 bridgehead atoms. The lowest BCUT2D eigenvalue weighted by molar-refractivity contribution is -0.132. The molecule has 0 aromatic heterocycles. The molecule has 1 aliphatic rings. The molecule has 1 aliphatic heterocycles. The van der Waals surface area contributed by atoms with Crippen LogP contribution in [0.1, 0.15) is 35.2 Å². The number of methoxy groups -OCH3 is 1. The van der Waals surface area contributed by atoms with Gasteiger partial charge in [0.25, 0.3) is 0 Å². The van der Waals surface area contributed by atoms with Crippen LogP contribution < -0.4 is 4.74 Å². The number of rotatable bonds is 6. The van der Waals surface area contributed by atoms with Gasteiger partial charge in [0, 0.05) is 31.0 Å². The lowest BCUT2D eigenvalue weighted by atomic mass is 9.87. The number of Topliss-reactive ketones (excluding diaryl/α,β-unsaturated/α-hetero) is 1. The van der Waals surface area contributed by atoms with Gasteiger partial charge < -0.3 is 9.64 Å². The Morgan fingerprint density at radius 2 is 1.77 bits per heavy atom. The maximum atomic E-state index is 13.3. The van der Waals surface area contributed by atoms with Crippen LogP contribution in [0.15, 0.2) is 66.7 Å². The summed E-state index contributed by atoms with van der Waals surface area (Å²) >= 11 is 0. The molecule has 4 rings (SSSR count). The highest BCUT2D eigenvalue weighted by Crippen LogP contribution is 2.27. The van der Waals surface area contributed by atoms with Gasteiger partial charge in [0.2, 0.25) is 5.91 Å². The van der Waals surface area contributed by atoms with Crippen molar-refractivity contribution in [3.8, 4) is 5.75 Å². The summed E-state index contributed by atoms with van der Waals surface area (Å²) in [5, 5.41) is 2.06. The molecule has 0 unspecified atom stereocenters. The number of benzene rings is 3. The smallest absolute Gasteiger partial charge is 0.222 e. The van der Waals surface area contributed by atoms with Crippen LogP contribution in [0.4, 0.5) is 0 Å². The lowest BCUT2D eigenvalue weighted by Crippen LogP contribution is -2.42. The van der Waals surface area contributed by atoms with E-state index < -0.39 is 0 Å². The molecule has 0 aliphatic carbocycles. The first-order valence-corrected chi connectivity index (χ1v) is 10.6. The first-order valence-electron chi connectivity index (χ1n) is 10.6. The molecule has 3 aromatic rings. The number of hydrogen-bond donors (Lipinski definition) is 0. The first-order chi connectivity index (χ1) is 14.7. The van der Waals surface area contributed by atoms with E-state index in [1.165, 1.54) is 0 Å². The van der Waals surface area contributed by atoms with Gasteiger partial charge in [-0.2, -0.15) is 0 Å². The molecule has 3 aromatic carbocycles. The van der Waals surface area contributed by atoms with Crippen molar-refractivity contribution in [2.45, 2.75) is 25.7 Å². The normalized spacial score (nSPS) is 16.4. The van der Waals surface area contributed by atoms with Gasteiger partial charge >= 0.3 is 0 Å². The molecule has 0 radical (unpaired) electrons. The quantitative estimate of drug-likeness (QED) is 0.552. The van der Waals surface area contributed by atoms with Crippen LogP contribution in [0.5, 0.6) is 5.75 Å². The Labute approximate surface area is 177 Å². The molecular formula is C26H27NO3. The van der Waals surface area contributed by atoms with E-state index in [-0.39, 0.29) is 17.6 Å². The van der Waals surface area contributed by atoms with Gasteiger partial charge in [-0.3, -0.25) is 9.59 Å². The molecule has 4 nitrogen and oxygen atoms in total. The van der Waals surface area contributed by atoms with Crippen molar-refractivity contribution in [1.82, 2.24) is 4.90 Å². The summed E-state index contributed by atoms with van der Waals surface area (Å²) in [5.41, 5.74) is 1.80. The number of carbonyl (C=O) groups excluding carboxylic acids is 2. The minimum absolute atomic E-state index is 0.108. The van der Waals surface area contributed by atoms with Crippen molar-refractivity contribution in [2.75, 3.05) is 20.2 Å². The van der Waals surface area contributed by atoms with Gasteiger partial charge in [0.15, 0.2) is 5.78 Å². The molecular weight excluding hydrogens is 374 g/mol. The number of ether oxygens (including phenoxy) is 1. The fourth-order valence-corrected chi connectivity index (χ4v) is 4.39. The second kappa shape index (κ2) is 9.12. The molecule has 1 fully saturated rings. The molecule has 1 atom stereocenters. The zero-order valence-corrected chi connectivity index (χ0v) is 17.3. The Morgan fingerprint density at radius 1 is 1.00 bits per heavy atom. The predicted octanol–water partition coefficient (Wildman–Crippen LogP) is 4.90. The first kappa shape index (κ1) is 20.1. The number of amides is 1. The molecule has 1 amide bonds. The van der Waals surface area contributed by atoms with E-state index in [2.05, 4.69) is 0 Å². The van der Waals surface area contributed by atoms with E-state index in [0.717, 1.165) is 47.0 Å². The van der Waals surface area contributed by atoms with Gasteiger partial charge in [-0.15, -0.1) is 0 Å². The molecule has 0 spiro atoms. The third kappa shape index (κ3) is 4.23. The average molecular weight is 402 g/mol. The van der Waals surface area contributed by atoms with Crippen LogP contribution >= 0.6 is 0 Å². The fraction of sp³-hybridized carbons (Fsp3) is 0.308. The summed E-state index contributed by atoms with van der Waals surface area (Å²) in [7, 11) is 1.65. The number of piperidine rings is 1. The largest absolute Gasteiger partial charge is 0.496 e. The third-order valence-electron chi connectivity index (χ3n) is 6.00. The second-order valence-electron chi connectivity index (χ2n) is 7.88. The number of fused-ring (bicyclic) bond motifs is 1. The summed E-state index contributed by atoms with van der Waals surface area (Å²) in [4.78, 5) is 28.0. The van der Waals surface area contributed by atoms with Gasteiger partial charge in [0.1, 0.15) is 5.75 Å². The van der Waals surface area contributed by atoms with Crippen LogP contribution in [0.3, 0.4) is 0 Å². The SMILES string of the molecule is COc1ccccc1CCC(=O)N1CCC[C@@H](C(=O)c2cccc3ccccc23)C1. The monoisotopic (exact) mass is 401 g/mol. The van der Waals surface area contributed by atoms with Crippen molar-refractivity contribution < 1.29 is 14.3 Å². The topological polar surface area (TPSA) is 46.6 Å². The molecule has 0 N–H and O–H groups in total. The number of carbonyl (C=O) groups is 2. The van der Waals surface area contributed by atoms with Crippen LogP contribution in [0.25, 0.3) is 10.8 Å². The van der Waals surface area contributed by atoms with Crippen molar-refractivity contribution in [2.24, 2.45) is 5.92 Å². The number of hydrogen-bond acceptors (Lipinski definition) is 3. The van der Waals surface area contributed by atoms with Crippen LogP contribution in [-0.4, -0.2) is 36.8 Å². The fourth-order valence-electron chi connectivity index (χ4n) is 4.39. The van der Waals surface area contributed by atoms with E-state index in [4.69, 9.17) is 4.74 Å². The van der Waals surface area contributed by atoms with E-state index in [0.29, 0.717) is 19.4 Å². The molecule has 4 heteroatoms. The minimum atomic E-state index is -0.139. The maximum Gasteiger partial charge on any atom is 0.222 e. The maximum absolute atomic E-state index is 13.3. The van der Waals surface area contributed by atoms with Gasteiger partial charge in [-0.25, -0.2) is 0 Å². The summed E-state index contributed by atoms with van der Waals surface area (Å²) in [6.45, 7) is 1.23. The number of ketones is 1. The zero-order valence-electron chi connectivity index (χ0n) is 17.3. The van der Waals surface area contributed by atoms with Gasteiger partial charge in [-0.1, -0.05) is 60.7 Å². The summed E-state index contributed by atoms with van der Waals surface area (Å²) in [6, 6.07) is 21.7. The number of aryl methyl sites for hydroxylation is 1. The summed E-state index contributed by atoms with van der Waals surface area (Å²) in [6.07, 6.45) is 2.76. The highest BCUT2D eigenvalue weighted by atomic mass is 16.5. The lowest BCUT2D eigenvalue weighted by Gasteiger charge is -2.32. The Kier molecular flexibility index (Phi) is 6.12. The zero-order chi connectivity index (χ0) is 20.9. The van der Waals surface area contributed by atoms with Crippen LogP contribution in [-0.2, 0) is 11.2 Å². The van der Waals surface area contributed by atoms with Gasteiger partial charge in [-0.05, 0) is 41.7 Å². The number of para-hydroxylation sites is 1. The third-order valence-corrected chi connectivity index (χ3v) is 6.00. The molecule has 1 heterocycles. The average Bonchev–Trinajstić information content (AvgIpc) is 2.82. The van der Waals surface area contributed by atoms with E-state index >= 15 is 0 Å². The second-order valence-corrected chi connectivity index (χ2v) is 7.88. The Bertz CT molecular complexity index is 1050. The molecule has 30 heavy (non-hydrogen) atoms. The van der Waals surface area contributed by atoms with Crippen molar-refractivity contribution in [1.29, 1.82) is 0 Å².